The quantitative estimate of drug-likeness (QED) is 0.943. The molecule has 3 rings (SSSR count). The van der Waals surface area contributed by atoms with Crippen molar-refractivity contribution >= 4 is 17.4 Å². The molecule has 0 unspecified atom stereocenters. The van der Waals surface area contributed by atoms with Crippen LogP contribution in [0.5, 0.6) is 5.75 Å². The molecule has 1 aliphatic carbocycles. The van der Waals surface area contributed by atoms with E-state index < -0.39 is 0 Å². The molecule has 1 aliphatic rings. The molecular formula is C15H17N3O2S. The summed E-state index contributed by atoms with van der Waals surface area (Å²) < 4.78 is 9.16. The van der Waals surface area contributed by atoms with Gasteiger partial charge in [-0.2, -0.15) is 0 Å². The zero-order valence-corrected chi connectivity index (χ0v) is 12.7. The molecule has 1 aromatic heterocycles. The number of carbonyl (C=O) groups is 1. The van der Waals surface area contributed by atoms with Gasteiger partial charge < -0.3 is 10.1 Å². The standard InChI is InChI=1S/C15H17N3O2S/c1-20-12-8-4-5-10(9-12)13-14(21-18-17-13)15(19)16-11-6-2-3-7-11/h4-5,8-9,11H,2-3,6-7H2,1H3,(H,16,19). The molecule has 1 saturated carbocycles. The van der Waals surface area contributed by atoms with Crippen molar-refractivity contribution in [1.29, 1.82) is 0 Å². The van der Waals surface area contributed by atoms with Gasteiger partial charge in [0.15, 0.2) is 0 Å². The zero-order valence-electron chi connectivity index (χ0n) is 11.8. The molecule has 5 nitrogen and oxygen atoms in total. The summed E-state index contributed by atoms with van der Waals surface area (Å²) in [6.45, 7) is 0. The van der Waals surface area contributed by atoms with Gasteiger partial charge in [-0.1, -0.05) is 29.5 Å². The van der Waals surface area contributed by atoms with Gasteiger partial charge in [0, 0.05) is 11.6 Å². The molecule has 1 amide bonds. The minimum Gasteiger partial charge on any atom is -0.497 e. The highest BCUT2D eigenvalue weighted by Crippen LogP contribution is 2.27. The summed E-state index contributed by atoms with van der Waals surface area (Å²) >= 11 is 1.14. The Morgan fingerprint density at radius 3 is 2.95 bits per heavy atom. The lowest BCUT2D eigenvalue weighted by atomic mass is 10.1. The van der Waals surface area contributed by atoms with Crippen LogP contribution in [0, 0.1) is 0 Å². The maximum atomic E-state index is 12.4. The van der Waals surface area contributed by atoms with Gasteiger partial charge in [-0.3, -0.25) is 4.79 Å². The van der Waals surface area contributed by atoms with Crippen LogP contribution in [0.1, 0.15) is 35.4 Å². The van der Waals surface area contributed by atoms with E-state index in [2.05, 4.69) is 14.9 Å². The Kier molecular flexibility index (Phi) is 4.15. The number of hydrogen-bond acceptors (Lipinski definition) is 5. The Bertz CT molecular complexity index is 635. The van der Waals surface area contributed by atoms with Gasteiger partial charge in [0.2, 0.25) is 0 Å². The van der Waals surface area contributed by atoms with Gasteiger partial charge in [0.1, 0.15) is 16.3 Å². The van der Waals surface area contributed by atoms with Crippen molar-refractivity contribution in [2.24, 2.45) is 0 Å². The molecule has 1 fully saturated rings. The molecule has 1 heterocycles. The van der Waals surface area contributed by atoms with E-state index in [4.69, 9.17) is 4.74 Å². The van der Waals surface area contributed by atoms with Gasteiger partial charge in [-0.15, -0.1) is 5.10 Å². The normalized spacial score (nSPS) is 15.1. The largest absolute Gasteiger partial charge is 0.497 e. The highest BCUT2D eigenvalue weighted by Gasteiger charge is 2.22. The Labute approximate surface area is 127 Å². The van der Waals surface area contributed by atoms with E-state index in [9.17, 15) is 4.79 Å². The summed E-state index contributed by atoms with van der Waals surface area (Å²) in [6, 6.07) is 7.81. The lowest BCUT2D eigenvalue weighted by Gasteiger charge is -2.11. The van der Waals surface area contributed by atoms with Gasteiger partial charge in [-0.05, 0) is 36.5 Å². The summed E-state index contributed by atoms with van der Waals surface area (Å²) in [4.78, 5) is 13.0. The average molecular weight is 303 g/mol. The highest BCUT2D eigenvalue weighted by atomic mass is 32.1. The molecule has 0 radical (unpaired) electrons. The average Bonchev–Trinajstić information content (AvgIpc) is 3.18. The third-order valence-electron chi connectivity index (χ3n) is 3.73. The molecule has 1 aromatic carbocycles. The van der Waals surface area contributed by atoms with Crippen LogP contribution in [-0.2, 0) is 0 Å². The molecule has 21 heavy (non-hydrogen) atoms. The Balaban J connectivity index is 1.84. The first-order chi connectivity index (χ1) is 10.3. The fourth-order valence-electron chi connectivity index (χ4n) is 2.62. The van der Waals surface area contributed by atoms with E-state index in [1.54, 1.807) is 7.11 Å². The van der Waals surface area contributed by atoms with E-state index >= 15 is 0 Å². The van der Waals surface area contributed by atoms with Gasteiger partial charge in [-0.25, -0.2) is 0 Å². The number of rotatable bonds is 4. The first kappa shape index (κ1) is 14.0. The SMILES string of the molecule is COc1cccc(-c2nnsc2C(=O)NC2CCCC2)c1. The van der Waals surface area contributed by atoms with E-state index in [1.807, 2.05) is 24.3 Å². The molecule has 0 aliphatic heterocycles. The second-order valence-corrected chi connectivity index (χ2v) is 5.89. The van der Waals surface area contributed by atoms with Crippen LogP contribution in [0.15, 0.2) is 24.3 Å². The maximum absolute atomic E-state index is 12.4. The summed E-state index contributed by atoms with van der Waals surface area (Å²) in [5, 5.41) is 7.19. The number of methoxy groups -OCH3 is 1. The number of aromatic nitrogens is 2. The first-order valence-electron chi connectivity index (χ1n) is 7.05. The summed E-state index contributed by atoms with van der Waals surface area (Å²) in [7, 11) is 1.62. The number of benzene rings is 1. The molecular weight excluding hydrogens is 286 g/mol. The topological polar surface area (TPSA) is 64.1 Å². The Morgan fingerprint density at radius 2 is 2.19 bits per heavy atom. The number of amides is 1. The van der Waals surface area contributed by atoms with Crippen molar-refractivity contribution in [3.05, 3.63) is 29.1 Å². The van der Waals surface area contributed by atoms with Crippen molar-refractivity contribution in [3.63, 3.8) is 0 Å². The van der Waals surface area contributed by atoms with Crippen LogP contribution < -0.4 is 10.1 Å². The van der Waals surface area contributed by atoms with Gasteiger partial charge >= 0.3 is 0 Å². The number of carbonyl (C=O) groups excluding carboxylic acids is 1. The van der Waals surface area contributed by atoms with Crippen LogP contribution >= 0.6 is 11.5 Å². The lowest BCUT2D eigenvalue weighted by Crippen LogP contribution is -2.32. The van der Waals surface area contributed by atoms with E-state index in [0.29, 0.717) is 10.6 Å². The van der Waals surface area contributed by atoms with Crippen molar-refractivity contribution in [3.8, 4) is 17.0 Å². The van der Waals surface area contributed by atoms with Gasteiger partial charge in [0.25, 0.3) is 5.91 Å². The van der Waals surface area contributed by atoms with Crippen LogP contribution in [0.25, 0.3) is 11.3 Å². The smallest absolute Gasteiger partial charge is 0.265 e. The number of nitrogens with one attached hydrogen (secondary N) is 1. The maximum Gasteiger partial charge on any atom is 0.265 e. The van der Waals surface area contributed by atoms with E-state index in [1.165, 1.54) is 12.8 Å². The Morgan fingerprint density at radius 1 is 1.38 bits per heavy atom. The minimum absolute atomic E-state index is 0.0743. The second kappa shape index (κ2) is 6.22. The Hall–Kier alpha value is -1.95. The van der Waals surface area contributed by atoms with Crippen LogP contribution in [-0.4, -0.2) is 28.6 Å². The molecule has 0 spiro atoms. The predicted octanol–water partition coefficient (Wildman–Crippen LogP) is 2.89. The van der Waals surface area contributed by atoms with Crippen molar-refractivity contribution in [1.82, 2.24) is 14.9 Å². The van der Waals surface area contributed by atoms with Crippen LogP contribution in [0.3, 0.4) is 0 Å². The summed E-state index contributed by atoms with van der Waals surface area (Å²) in [5.74, 6) is 0.664. The highest BCUT2D eigenvalue weighted by molar-refractivity contribution is 7.08. The van der Waals surface area contributed by atoms with Crippen LogP contribution in [0.2, 0.25) is 0 Å². The molecule has 0 saturated heterocycles. The minimum atomic E-state index is -0.0743. The number of nitrogens with zero attached hydrogens (tertiary/aromatic N) is 2. The predicted molar refractivity (Wildman–Crippen MR) is 81.6 cm³/mol. The zero-order chi connectivity index (χ0) is 14.7. The first-order valence-corrected chi connectivity index (χ1v) is 7.83. The molecule has 0 bridgehead atoms. The summed E-state index contributed by atoms with van der Waals surface area (Å²) in [6.07, 6.45) is 4.50. The summed E-state index contributed by atoms with van der Waals surface area (Å²) in [5.41, 5.74) is 1.47. The molecule has 0 atom stereocenters. The lowest BCUT2D eigenvalue weighted by molar-refractivity contribution is 0.0942. The van der Waals surface area contributed by atoms with E-state index in [0.717, 1.165) is 35.7 Å². The van der Waals surface area contributed by atoms with Crippen molar-refractivity contribution in [2.75, 3.05) is 7.11 Å². The second-order valence-electron chi connectivity index (χ2n) is 5.14. The number of hydrogen-bond donors (Lipinski definition) is 1. The molecule has 110 valence electrons. The van der Waals surface area contributed by atoms with Crippen molar-refractivity contribution < 1.29 is 9.53 Å². The fourth-order valence-corrected chi connectivity index (χ4v) is 3.21. The fraction of sp³-hybridized carbons (Fsp3) is 0.400. The third kappa shape index (κ3) is 3.05. The molecule has 1 N–H and O–H groups in total. The monoisotopic (exact) mass is 303 g/mol. The van der Waals surface area contributed by atoms with Gasteiger partial charge in [0.05, 0.1) is 7.11 Å². The molecule has 2 aromatic rings. The van der Waals surface area contributed by atoms with E-state index in [-0.39, 0.29) is 11.9 Å². The third-order valence-corrected chi connectivity index (χ3v) is 4.45. The number of ether oxygens (including phenoxy) is 1. The molecule has 6 heteroatoms. The van der Waals surface area contributed by atoms with Crippen molar-refractivity contribution in [2.45, 2.75) is 31.7 Å². The van der Waals surface area contributed by atoms with Crippen LogP contribution in [0.4, 0.5) is 0 Å².